The van der Waals surface area contributed by atoms with Gasteiger partial charge in [-0.05, 0) is 12.1 Å². The lowest BCUT2D eigenvalue weighted by Gasteiger charge is -1.84. The number of Topliss-reactive ketones (excluding diaryl/α,β-unsaturated/α-hetero) is 1. The highest BCUT2D eigenvalue weighted by Crippen LogP contribution is 2.18. The van der Waals surface area contributed by atoms with Crippen molar-refractivity contribution in [2.45, 2.75) is 6.92 Å². The van der Waals surface area contributed by atoms with Crippen LogP contribution in [-0.2, 0) is 0 Å². The number of aromatic nitrogens is 1. The maximum absolute atomic E-state index is 10.9. The largest absolute Gasteiger partial charge is 0.459 e. The monoisotopic (exact) mass is 177 g/mol. The van der Waals surface area contributed by atoms with Crippen molar-refractivity contribution in [3.05, 3.63) is 30.4 Å². The molecule has 0 unspecified atom stereocenters. The minimum absolute atomic E-state index is 0.124. The Morgan fingerprint density at radius 3 is 2.85 bits per heavy atom. The Bertz CT molecular complexity index is 414. The quantitative estimate of drug-likeness (QED) is 0.659. The Morgan fingerprint density at radius 1 is 1.46 bits per heavy atom. The van der Waals surface area contributed by atoms with Crippen LogP contribution < -0.4 is 0 Å². The summed E-state index contributed by atoms with van der Waals surface area (Å²) in [5, 5.41) is 0. The molecule has 0 atom stereocenters. The number of carbonyl (C=O) groups is 1. The molecule has 0 bridgehead atoms. The summed E-state index contributed by atoms with van der Waals surface area (Å²) in [4.78, 5) is 14.8. The zero-order chi connectivity index (χ0) is 9.26. The number of hydrogen-bond donors (Lipinski definition) is 0. The van der Waals surface area contributed by atoms with E-state index in [0.29, 0.717) is 17.3 Å². The zero-order valence-electron chi connectivity index (χ0n) is 6.98. The SMILES string of the molecule is CC(=O)c1coc(-c2ccco2)n1. The van der Waals surface area contributed by atoms with Gasteiger partial charge in [-0.2, -0.15) is 0 Å². The summed E-state index contributed by atoms with van der Waals surface area (Å²) in [6, 6.07) is 3.45. The molecule has 0 spiro atoms. The lowest BCUT2D eigenvalue weighted by Crippen LogP contribution is -1.90. The smallest absolute Gasteiger partial charge is 0.263 e. The summed E-state index contributed by atoms with van der Waals surface area (Å²) in [6.07, 6.45) is 2.84. The van der Waals surface area contributed by atoms with Crippen LogP contribution in [0.5, 0.6) is 0 Å². The van der Waals surface area contributed by atoms with Crippen LogP contribution in [0.2, 0.25) is 0 Å². The second-order valence-corrected chi connectivity index (χ2v) is 2.57. The normalized spacial score (nSPS) is 10.2. The van der Waals surface area contributed by atoms with Crippen LogP contribution in [0.3, 0.4) is 0 Å². The van der Waals surface area contributed by atoms with E-state index in [2.05, 4.69) is 4.98 Å². The predicted molar refractivity (Wildman–Crippen MR) is 44.2 cm³/mol. The first-order valence-corrected chi connectivity index (χ1v) is 3.78. The number of ketones is 1. The summed E-state index contributed by atoms with van der Waals surface area (Å²) >= 11 is 0. The molecule has 0 radical (unpaired) electrons. The third kappa shape index (κ3) is 1.38. The molecule has 0 N–H and O–H groups in total. The molecule has 66 valence electrons. The number of hydrogen-bond acceptors (Lipinski definition) is 4. The van der Waals surface area contributed by atoms with E-state index in [1.165, 1.54) is 19.5 Å². The summed E-state index contributed by atoms with van der Waals surface area (Å²) in [5.74, 6) is 0.726. The lowest BCUT2D eigenvalue weighted by atomic mass is 10.3. The van der Waals surface area contributed by atoms with E-state index in [1.54, 1.807) is 12.1 Å². The van der Waals surface area contributed by atoms with E-state index >= 15 is 0 Å². The first kappa shape index (κ1) is 7.79. The molecule has 4 nitrogen and oxygen atoms in total. The van der Waals surface area contributed by atoms with Crippen molar-refractivity contribution < 1.29 is 13.6 Å². The van der Waals surface area contributed by atoms with E-state index in [9.17, 15) is 4.79 Å². The Balaban J connectivity index is 2.39. The number of rotatable bonds is 2. The van der Waals surface area contributed by atoms with Gasteiger partial charge in [0.1, 0.15) is 12.0 Å². The van der Waals surface area contributed by atoms with E-state index in [-0.39, 0.29) is 5.78 Å². The highest BCUT2D eigenvalue weighted by atomic mass is 16.4. The molecule has 2 aromatic heterocycles. The minimum Gasteiger partial charge on any atom is -0.459 e. The number of furan rings is 1. The fourth-order valence-corrected chi connectivity index (χ4v) is 0.949. The standard InChI is InChI=1S/C9H7NO3/c1-6(11)7-5-13-9(10-7)8-3-2-4-12-8/h2-5H,1H3. The van der Waals surface area contributed by atoms with Gasteiger partial charge < -0.3 is 8.83 Å². The van der Waals surface area contributed by atoms with Crippen LogP contribution in [0.4, 0.5) is 0 Å². The van der Waals surface area contributed by atoms with Crippen LogP contribution in [0.25, 0.3) is 11.7 Å². The van der Waals surface area contributed by atoms with Crippen molar-refractivity contribution in [1.29, 1.82) is 0 Å². The molecule has 2 aromatic rings. The number of nitrogens with zero attached hydrogens (tertiary/aromatic N) is 1. The van der Waals surface area contributed by atoms with Crippen LogP contribution >= 0.6 is 0 Å². The molecule has 0 saturated heterocycles. The van der Waals surface area contributed by atoms with Crippen molar-refractivity contribution in [1.82, 2.24) is 4.98 Å². The van der Waals surface area contributed by atoms with Crippen LogP contribution in [0.15, 0.2) is 33.5 Å². The maximum Gasteiger partial charge on any atom is 0.263 e. The maximum atomic E-state index is 10.9. The van der Waals surface area contributed by atoms with Crippen LogP contribution in [-0.4, -0.2) is 10.8 Å². The van der Waals surface area contributed by atoms with Crippen LogP contribution in [0, 0.1) is 0 Å². The average Bonchev–Trinajstić information content (AvgIpc) is 2.75. The van der Waals surface area contributed by atoms with Crippen molar-refractivity contribution >= 4 is 5.78 Å². The minimum atomic E-state index is -0.124. The van der Waals surface area contributed by atoms with Gasteiger partial charge in [0.05, 0.1) is 6.26 Å². The second kappa shape index (κ2) is 2.90. The van der Waals surface area contributed by atoms with Crippen molar-refractivity contribution in [2.75, 3.05) is 0 Å². The molecule has 13 heavy (non-hydrogen) atoms. The second-order valence-electron chi connectivity index (χ2n) is 2.57. The van der Waals surface area contributed by atoms with Gasteiger partial charge in [-0.25, -0.2) is 4.98 Å². The topological polar surface area (TPSA) is 56.2 Å². The summed E-state index contributed by atoms with van der Waals surface area (Å²) in [6.45, 7) is 1.43. The number of oxazole rings is 1. The van der Waals surface area contributed by atoms with E-state index in [1.807, 2.05) is 0 Å². The summed E-state index contributed by atoms with van der Waals surface area (Å²) < 4.78 is 10.1. The molecule has 0 aromatic carbocycles. The molecular formula is C9H7NO3. The molecule has 0 aliphatic carbocycles. The molecular weight excluding hydrogens is 170 g/mol. The molecule has 0 aliphatic heterocycles. The van der Waals surface area contributed by atoms with E-state index in [4.69, 9.17) is 8.83 Å². The predicted octanol–water partition coefficient (Wildman–Crippen LogP) is 2.14. The molecule has 2 heterocycles. The van der Waals surface area contributed by atoms with Crippen molar-refractivity contribution in [3.8, 4) is 11.7 Å². The van der Waals surface area contributed by atoms with Gasteiger partial charge in [0, 0.05) is 6.92 Å². The zero-order valence-corrected chi connectivity index (χ0v) is 6.98. The highest BCUT2D eigenvalue weighted by molar-refractivity contribution is 5.92. The van der Waals surface area contributed by atoms with Crippen molar-refractivity contribution in [3.63, 3.8) is 0 Å². The van der Waals surface area contributed by atoms with Gasteiger partial charge >= 0.3 is 0 Å². The fraction of sp³-hybridized carbons (Fsp3) is 0.111. The molecule has 0 amide bonds. The molecule has 4 heteroatoms. The Morgan fingerprint density at radius 2 is 2.31 bits per heavy atom. The van der Waals surface area contributed by atoms with Gasteiger partial charge in [-0.3, -0.25) is 4.79 Å². The number of carbonyl (C=O) groups excluding carboxylic acids is 1. The third-order valence-corrected chi connectivity index (χ3v) is 1.60. The lowest BCUT2D eigenvalue weighted by molar-refractivity contribution is 0.101. The molecule has 0 fully saturated rings. The first-order chi connectivity index (χ1) is 6.27. The molecule has 2 rings (SSSR count). The molecule has 0 aliphatic rings. The van der Waals surface area contributed by atoms with E-state index < -0.39 is 0 Å². The van der Waals surface area contributed by atoms with Gasteiger partial charge in [0.15, 0.2) is 11.5 Å². The third-order valence-electron chi connectivity index (χ3n) is 1.60. The van der Waals surface area contributed by atoms with Gasteiger partial charge in [0.25, 0.3) is 5.89 Å². The van der Waals surface area contributed by atoms with E-state index in [0.717, 1.165) is 0 Å². The van der Waals surface area contributed by atoms with Gasteiger partial charge in [0.2, 0.25) is 0 Å². The summed E-state index contributed by atoms with van der Waals surface area (Å²) in [5.41, 5.74) is 0.311. The Kier molecular flexibility index (Phi) is 1.73. The summed E-state index contributed by atoms with van der Waals surface area (Å²) in [7, 11) is 0. The van der Waals surface area contributed by atoms with Crippen molar-refractivity contribution in [2.24, 2.45) is 0 Å². The first-order valence-electron chi connectivity index (χ1n) is 3.78. The Hall–Kier alpha value is -1.84. The Labute approximate surface area is 74.2 Å². The average molecular weight is 177 g/mol. The fourth-order valence-electron chi connectivity index (χ4n) is 0.949. The molecule has 0 saturated carbocycles. The van der Waals surface area contributed by atoms with Crippen LogP contribution in [0.1, 0.15) is 17.4 Å². The van der Waals surface area contributed by atoms with Gasteiger partial charge in [-0.15, -0.1) is 0 Å². The highest BCUT2D eigenvalue weighted by Gasteiger charge is 2.10. The van der Waals surface area contributed by atoms with Gasteiger partial charge in [-0.1, -0.05) is 0 Å².